The van der Waals surface area contributed by atoms with E-state index in [-0.39, 0.29) is 22.7 Å². The van der Waals surface area contributed by atoms with E-state index in [0.717, 1.165) is 25.7 Å². The van der Waals surface area contributed by atoms with Crippen molar-refractivity contribution in [2.75, 3.05) is 7.11 Å². The number of sulfonamides is 1. The number of nitrogens with one attached hydrogen (secondary N) is 1. The van der Waals surface area contributed by atoms with Crippen molar-refractivity contribution in [3.05, 3.63) is 23.2 Å². The van der Waals surface area contributed by atoms with Gasteiger partial charge in [-0.2, -0.15) is 0 Å². The highest BCUT2D eigenvalue weighted by molar-refractivity contribution is 7.89. The lowest BCUT2D eigenvalue weighted by Crippen LogP contribution is -2.49. The molecule has 5 nitrogen and oxygen atoms in total. The fourth-order valence-electron chi connectivity index (χ4n) is 2.43. The minimum absolute atomic E-state index is 0.0853. The number of rotatable bonds is 4. The third-order valence-corrected chi connectivity index (χ3v) is 5.31. The van der Waals surface area contributed by atoms with E-state index >= 15 is 0 Å². The van der Waals surface area contributed by atoms with E-state index in [2.05, 4.69) is 4.72 Å². The van der Waals surface area contributed by atoms with Crippen LogP contribution >= 0.6 is 11.6 Å². The maximum atomic E-state index is 12.4. The summed E-state index contributed by atoms with van der Waals surface area (Å²) in [6.45, 7) is 0. The Labute approximate surface area is 124 Å². The second-order valence-corrected chi connectivity index (χ2v) is 7.09. The largest absolute Gasteiger partial charge is 0.495 e. The fraction of sp³-hybridized carbons (Fsp3) is 0.538. The lowest BCUT2D eigenvalue weighted by molar-refractivity contribution is 0.359. The summed E-state index contributed by atoms with van der Waals surface area (Å²) in [5.41, 5.74) is 5.98. The first-order valence-corrected chi connectivity index (χ1v) is 8.41. The molecule has 1 aliphatic carbocycles. The highest BCUT2D eigenvalue weighted by Crippen LogP contribution is 2.28. The predicted octanol–water partition coefficient (Wildman–Crippen LogP) is 1.90. The van der Waals surface area contributed by atoms with Crippen LogP contribution in [0.25, 0.3) is 0 Å². The van der Waals surface area contributed by atoms with Gasteiger partial charge >= 0.3 is 0 Å². The zero-order chi connectivity index (χ0) is 14.8. The minimum Gasteiger partial charge on any atom is -0.495 e. The summed E-state index contributed by atoms with van der Waals surface area (Å²) in [6, 6.07) is 4.08. The number of methoxy groups -OCH3 is 1. The zero-order valence-corrected chi connectivity index (χ0v) is 12.9. The van der Waals surface area contributed by atoms with Crippen molar-refractivity contribution in [3.8, 4) is 5.75 Å². The lowest BCUT2D eigenvalue weighted by Gasteiger charge is -2.29. The van der Waals surface area contributed by atoms with Crippen molar-refractivity contribution in [1.82, 2.24) is 4.72 Å². The van der Waals surface area contributed by atoms with Gasteiger partial charge in [0, 0.05) is 23.2 Å². The average Bonchev–Trinajstić information content (AvgIpc) is 2.40. The van der Waals surface area contributed by atoms with Crippen LogP contribution in [0.4, 0.5) is 0 Å². The molecular weight excluding hydrogens is 300 g/mol. The van der Waals surface area contributed by atoms with Gasteiger partial charge in [-0.3, -0.25) is 0 Å². The third-order valence-electron chi connectivity index (χ3n) is 3.54. The van der Waals surface area contributed by atoms with Crippen LogP contribution in [0.5, 0.6) is 5.75 Å². The molecule has 1 aromatic carbocycles. The Bertz CT molecular complexity index is 577. The fourth-order valence-corrected chi connectivity index (χ4v) is 4.07. The molecule has 1 aliphatic rings. The summed E-state index contributed by atoms with van der Waals surface area (Å²) in [5, 5.41) is 0.426. The summed E-state index contributed by atoms with van der Waals surface area (Å²) in [6.07, 6.45) is 3.63. The maximum absolute atomic E-state index is 12.4. The number of benzene rings is 1. The van der Waals surface area contributed by atoms with Gasteiger partial charge in [-0.05, 0) is 25.0 Å². The van der Waals surface area contributed by atoms with E-state index in [1.807, 2.05) is 0 Å². The van der Waals surface area contributed by atoms with Crippen molar-refractivity contribution in [3.63, 3.8) is 0 Å². The standard InChI is InChI=1S/C13H19ClN2O3S/c1-19-12-8-9(14)6-7-13(12)20(17,18)16-11-5-3-2-4-10(11)15/h6-8,10-11,16H,2-5,15H2,1H3/t10-,11-/m1/s1. The van der Waals surface area contributed by atoms with E-state index in [1.165, 1.54) is 25.3 Å². The molecule has 7 heteroatoms. The quantitative estimate of drug-likeness (QED) is 0.888. The van der Waals surface area contributed by atoms with Crippen LogP contribution in [0.2, 0.25) is 5.02 Å². The van der Waals surface area contributed by atoms with Gasteiger partial charge in [0.25, 0.3) is 0 Å². The van der Waals surface area contributed by atoms with Crippen molar-refractivity contribution in [2.45, 2.75) is 42.7 Å². The monoisotopic (exact) mass is 318 g/mol. The Morgan fingerprint density at radius 2 is 2.05 bits per heavy atom. The first-order valence-electron chi connectivity index (χ1n) is 6.55. The molecule has 0 saturated heterocycles. The Hall–Kier alpha value is -0.820. The lowest BCUT2D eigenvalue weighted by atomic mass is 9.92. The van der Waals surface area contributed by atoms with Gasteiger partial charge in [0.05, 0.1) is 7.11 Å². The number of halogens is 1. The molecule has 0 radical (unpaired) electrons. The SMILES string of the molecule is COc1cc(Cl)ccc1S(=O)(=O)N[C@@H]1CCCC[C@H]1N. The molecule has 0 heterocycles. The van der Waals surface area contributed by atoms with Crippen molar-refractivity contribution in [1.29, 1.82) is 0 Å². The smallest absolute Gasteiger partial charge is 0.244 e. The summed E-state index contributed by atoms with van der Waals surface area (Å²) in [7, 11) is -2.25. The molecule has 0 amide bonds. The normalized spacial score (nSPS) is 23.6. The van der Waals surface area contributed by atoms with Crippen LogP contribution in [-0.4, -0.2) is 27.6 Å². The second-order valence-electron chi connectivity index (χ2n) is 4.97. The first kappa shape index (κ1) is 15.6. The van der Waals surface area contributed by atoms with E-state index in [9.17, 15) is 8.42 Å². The van der Waals surface area contributed by atoms with Crippen molar-refractivity contribution < 1.29 is 13.2 Å². The summed E-state index contributed by atoms with van der Waals surface area (Å²) >= 11 is 5.85. The van der Waals surface area contributed by atoms with Gasteiger partial charge in [0.1, 0.15) is 10.6 Å². The van der Waals surface area contributed by atoms with Crippen LogP contribution in [0, 0.1) is 0 Å². The Kier molecular flexibility index (Phi) is 4.90. The topological polar surface area (TPSA) is 81.4 Å². The van der Waals surface area contributed by atoms with Gasteiger partial charge in [0.15, 0.2) is 0 Å². The van der Waals surface area contributed by atoms with Crippen molar-refractivity contribution >= 4 is 21.6 Å². The highest BCUT2D eigenvalue weighted by Gasteiger charge is 2.28. The Morgan fingerprint density at radius 1 is 1.35 bits per heavy atom. The number of hydrogen-bond acceptors (Lipinski definition) is 4. The zero-order valence-electron chi connectivity index (χ0n) is 11.3. The number of nitrogens with two attached hydrogens (primary N) is 1. The van der Waals surface area contributed by atoms with Crippen LogP contribution in [-0.2, 0) is 10.0 Å². The molecule has 0 aromatic heterocycles. The molecule has 1 saturated carbocycles. The Balaban J connectivity index is 2.26. The molecule has 2 rings (SSSR count). The molecule has 0 spiro atoms. The van der Waals surface area contributed by atoms with E-state index in [4.69, 9.17) is 22.1 Å². The van der Waals surface area contributed by atoms with E-state index in [1.54, 1.807) is 0 Å². The van der Waals surface area contributed by atoms with Gasteiger partial charge in [-0.15, -0.1) is 0 Å². The molecule has 2 atom stereocenters. The van der Waals surface area contributed by atoms with Gasteiger partial charge in [-0.25, -0.2) is 13.1 Å². The molecule has 1 aromatic rings. The van der Waals surface area contributed by atoms with Gasteiger partial charge in [0.2, 0.25) is 10.0 Å². The van der Waals surface area contributed by atoms with Crippen LogP contribution in [0.1, 0.15) is 25.7 Å². The summed E-state index contributed by atoms with van der Waals surface area (Å²) < 4.78 is 32.7. The highest BCUT2D eigenvalue weighted by atomic mass is 35.5. The van der Waals surface area contributed by atoms with Crippen molar-refractivity contribution in [2.24, 2.45) is 5.73 Å². The van der Waals surface area contributed by atoms with Gasteiger partial charge in [-0.1, -0.05) is 24.4 Å². The van der Waals surface area contributed by atoms with Gasteiger partial charge < -0.3 is 10.5 Å². The number of ether oxygens (including phenoxy) is 1. The average molecular weight is 319 g/mol. The Morgan fingerprint density at radius 3 is 2.70 bits per heavy atom. The maximum Gasteiger partial charge on any atom is 0.244 e. The van der Waals surface area contributed by atoms with E-state index in [0.29, 0.717) is 5.02 Å². The summed E-state index contributed by atoms with van der Waals surface area (Å²) in [5.74, 6) is 0.231. The predicted molar refractivity (Wildman–Crippen MR) is 78.6 cm³/mol. The number of hydrogen-bond donors (Lipinski definition) is 2. The second kappa shape index (κ2) is 6.30. The molecule has 0 bridgehead atoms. The third kappa shape index (κ3) is 3.44. The molecule has 112 valence electrons. The molecule has 0 aliphatic heterocycles. The van der Waals surface area contributed by atoms with Crippen LogP contribution in [0.15, 0.2) is 23.1 Å². The molecule has 0 unspecified atom stereocenters. The molecule has 3 N–H and O–H groups in total. The van der Waals surface area contributed by atoms with Crippen LogP contribution < -0.4 is 15.2 Å². The van der Waals surface area contributed by atoms with Crippen LogP contribution in [0.3, 0.4) is 0 Å². The molecular formula is C13H19ClN2O3S. The minimum atomic E-state index is -3.67. The summed E-state index contributed by atoms with van der Waals surface area (Å²) in [4.78, 5) is 0.0853. The van der Waals surface area contributed by atoms with E-state index < -0.39 is 10.0 Å². The molecule has 1 fully saturated rings. The first-order chi connectivity index (χ1) is 9.44. The molecule has 20 heavy (non-hydrogen) atoms.